The van der Waals surface area contributed by atoms with Gasteiger partial charge in [-0.3, -0.25) is 0 Å². The highest BCUT2D eigenvalue weighted by Gasteiger charge is 2.10. The van der Waals surface area contributed by atoms with Crippen LogP contribution in [0.5, 0.6) is 5.88 Å². The van der Waals surface area contributed by atoms with E-state index in [0.29, 0.717) is 12.3 Å². The van der Waals surface area contributed by atoms with Crippen molar-refractivity contribution in [2.45, 2.75) is 19.3 Å². The van der Waals surface area contributed by atoms with E-state index in [1.807, 2.05) is 17.7 Å². The number of aromatic nitrogens is 4. The van der Waals surface area contributed by atoms with Gasteiger partial charge >= 0.3 is 0 Å². The minimum atomic E-state index is 0.548. The minimum Gasteiger partial charge on any atom is -0.481 e. The summed E-state index contributed by atoms with van der Waals surface area (Å²) in [6, 6.07) is 3.68. The van der Waals surface area contributed by atoms with Crippen molar-refractivity contribution in [1.82, 2.24) is 19.7 Å². The van der Waals surface area contributed by atoms with Crippen LogP contribution in [-0.2, 0) is 18.3 Å². The number of nitrogens with zero attached hydrogens (tertiary/aromatic N) is 4. The van der Waals surface area contributed by atoms with Gasteiger partial charge in [0.25, 0.3) is 0 Å². The van der Waals surface area contributed by atoms with Crippen molar-refractivity contribution in [3.8, 4) is 17.3 Å². The Morgan fingerprint density at radius 2 is 2.21 bits per heavy atom. The van der Waals surface area contributed by atoms with E-state index in [2.05, 4.69) is 15.2 Å². The Hall–Kier alpha value is -2.24. The molecular formula is C13H16N4O2. The molecule has 0 aliphatic rings. The molecule has 0 amide bonds. The first-order valence-corrected chi connectivity index (χ1v) is 6.08. The molecule has 2 aromatic rings. The quantitative estimate of drug-likeness (QED) is 0.580. The number of aldehydes is 1. The summed E-state index contributed by atoms with van der Waals surface area (Å²) >= 11 is 0. The molecule has 0 aliphatic carbocycles. The molecule has 19 heavy (non-hydrogen) atoms. The summed E-state index contributed by atoms with van der Waals surface area (Å²) in [6.07, 6.45) is 4.71. The van der Waals surface area contributed by atoms with Crippen molar-refractivity contribution in [2.75, 3.05) is 7.11 Å². The molecule has 0 saturated heterocycles. The molecule has 0 atom stereocenters. The second-order valence-electron chi connectivity index (χ2n) is 4.15. The first-order chi connectivity index (χ1) is 9.26. The Labute approximate surface area is 111 Å². The Balaban J connectivity index is 2.17. The molecule has 0 N–H and O–H groups in total. The van der Waals surface area contributed by atoms with Crippen LogP contribution in [-0.4, -0.2) is 33.1 Å². The molecular weight excluding hydrogens is 244 g/mol. The van der Waals surface area contributed by atoms with Gasteiger partial charge in [0.15, 0.2) is 5.82 Å². The van der Waals surface area contributed by atoms with Gasteiger partial charge in [0.05, 0.1) is 7.11 Å². The van der Waals surface area contributed by atoms with Crippen LogP contribution < -0.4 is 4.74 Å². The van der Waals surface area contributed by atoms with Gasteiger partial charge in [-0.2, -0.15) is 0 Å². The number of aryl methyl sites for hydroxylation is 1. The van der Waals surface area contributed by atoms with Crippen molar-refractivity contribution in [1.29, 1.82) is 0 Å². The van der Waals surface area contributed by atoms with Crippen LogP contribution >= 0.6 is 0 Å². The maximum absolute atomic E-state index is 10.3. The number of hydrogen-bond donors (Lipinski definition) is 0. The lowest BCUT2D eigenvalue weighted by atomic mass is 10.2. The van der Waals surface area contributed by atoms with E-state index < -0.39 is 0 Å². The van der Waals surface area contributed by atoms with Crippen LogP contribution in [0.1, 0.15) is 18.7 Å². The zero-order valence-electron chi connectivity index (χ0n) is 11.0. The highest BCUT2D eigenvalue weighted by Crippen LogP contribution is 2.19. The SMILES string of the molecule is COc1ccc(-c2nnc(CCCC=O)n2C)cn1. The highest BCUT2D eigenvalue weighted by atomic mass is 16.5. The Morgan fingerprint density at radius 1 is 1.37 bits per heavy atom. The molecule has 0 bridgehead atoms. The fraction of sp³-hybridized carbons (Fsp3) is 0.385. The summed E-state index contributed by atoms with van der Waals surface area (Å²) in [7, 11) is 3.49. The molecule has 0 fully saturated rings. The molecule has 0 aromatic carbocycles. The van der Waals surface area contributed by atoms with Gasteiger partial charge in [0.2, 0.25) is 5.88 Å². The third-order valence-corrected chi connectivity index (χ3v) is 2.89. The van der Waals surface area contributed by atoms with E-state index >= 15 is 0 Å². The fourth-order valence-corrected chi connectivity index (χ4v) is 1.81. The van der Waals surface area contributed by atoms with Crippen molar-refractivity contribution in [2.24, 2.45) is 7.05 Å². The van der Waals surface area contributed by atoms with Gasteiger partial charge in [0, 0.05) is 37.7 Å². The predicted molar refractivity (Wildman–Crippen MR) is 69.8 cm³/mol. The van der Waals surface area contributed by atoms with Crippen LogP contribution in [0.4, 0.5) is 0 Å². The van der Waals surface area contributed by atoms with E-state index in [0.717, 1.165) is 36.3 Å². The Morgan fingerprint density at radius 3 is 2.84 bits per heavy atom. The van der Waals surface area contributed by atoms with E-state index in [4.69, 9.17) is 4.74 Å². The predicted octanol–water partition coefficient (Wildman–Crippen LogP) is 1.41. The number of carbonyl (C=O) groups excluding carboxylic acids is 1. The van der Waals surface area contributed by atoms with Crippen LogP contribution in [0.3, 0.4) is 0 Å². The van der Waals surface area contributed by atoms with Gasteiger partial charge in [-0.25, -0.2) is 4.98 Å². The molecule has 0 radical (unpaired) electrons. The smallest absolute Gasteiger partial charge is 0.212 e. The number of ether oxygens (including phenoxy) is 1. The first-order valence-electron chi connectivity index (χ1n) is 6.08. The standard InChI is InChI=1S/C13H16N4O2/c1-17-11(5-3-4-8-18)15-16-13(17)10-6-7-12(19-2)14-9-10/h6-9H,3-5H2,1-2H3. The maximum atomic E-state index is 10.3. The summed E-state index contributed by atoms with van der Waals surface area (Å²) in [4.78, 5) is 14.5. The number of rotatable bonds is 6. The molecule has 0 saturated carbocycles. The molecule has 0 unspecified atom stereocenters. The van der Waals surface area contributed by atoms with Gasteiger partial charge in [-0.1, -0.05) is 0 Å². The molecule has 2 rings (SSSR count). The Kier molecular flexibility index (Phi) is 4.22. The highest BCUT2D eigenvalue weighted by molar-refractivity contribution is 5.54. The van der Waals surface area contributed by atoms with Gasteiger partial charge < -0.3 is 14.1 Å². The number of carbonyl (C=O) groups is 1. The summed E-state index contributed by atoms with van der Waals surface area (Å²) in [5.41, 5.74) is 0.887. The van der Waals surface area contributed by atoms with Crippen LogP contribution in [0.25, 0.3) is 11.4 Å². The summed E-state index contributed by atoms with van der Waals surface area (Å²) in [6.45, 7) is 0. The third kappa shape index (κ3) is 2.96. The zero-order valence-corrected chi connectivity index (χ0v) is 11.0. The van der Waals surface area contributed by atoms with E-state index in [1.54, 1.807) is 19.4 Å². The largest absolute Gasteiger partial charge is 0.481 e. The number of pyridine rings is 1. The van der Waals surface area contributed by atoms with Crippen molar-refractivity contribution < 1.29 is 9.53 Å². The van der Waals surface area contributed by atoms with Crippen molar-refractivity contribution in [3.05, 3.63) is 24.2 Å². The van der Waals surface area contributed by atoms with E-state index in [-0.39, 0.29) is 0 Å². The molecule has 0 spiro atoms. The Bertz CT molecular complexity index is 548. The summed E-state index contributed by atoms with van der Waals surface area (Å²) in [5, 5.41) is 8.31. The molecule has 2 heterocycles. The topological polar surface area (TPSA) is 69.9 Å². The first kappa shape index (κ1) is 13.2. The molecule has 100 valence electrons. The van der Waals surface area contributed by atoms with Crippen molar-refractivity contribution in [3.63, 3.8) is 0 Å². The fourth-order valence-electron chi connectivity index (χ4n) is 1.81. The van der Waals surface area contributed by atoms with Gasteiger partial charge in [-0.05, 0) is 12.5 Å². The van der Waals surface area contributed by atoms with Crippen LogP contribution in [0, 0.1) is 0 Å². The lowest BCUT2D eigenvalue weighted by Crippen LogP contribution is -2.00. The van der Waals surface area contributed by atoms with Gasteiger partial charge in [0.1, 0.15) is 12.1 Å². The van der Waals surface area contributed by atoms with E-state index in [1.165, 1.54) is 0 Å². The van der Waals surface area contributed by atoms with Gasteiger partial charge in [-0.15, -0.1) is 10.2 Å². The molecule has 0 aliphatic heterocycles. The minimum absolute atomic E-state index is 0.548. The number of methoxy groups -OCH3 is 1. The lowest BCUT2D eigenvalue weighted by molar-refractivity contribution is -0.107. The van der Waals surface area contributed by atoms with Crippen molar-refractivity contribution >= 4 is 6.29 Å². The number of hydrogen-bond acceptors (Lipinski definition) is 5. The normalized spacial score (nSPS) is 10.4. The van der Waals surface area contributed by atoms with Crippen LogP contribution in [0.15, 0.2) is 18.3 Å². The second-order valence-corrected chi connectivity index (χ2v) is 4.15. The monoisotopic (exact) mass is 260 g/mol. The zero-order chi connectivity index (χ0) is 13.7. The average molecular weight is 260 g/mol. The molecule has 6 nitrogen and oxygen atoms in total. The summed E-state index contributed by atoms with van der Waals surface area (Å²) in [5.74, 6) is 2.20. The molecule has 2 aromatic heterocycles. The lowest BCUT2D eigenvalue weighted by Gasteiger charge is -2.04. The number of unbranched alkanes of at least 4 members (excludes halogenated alkanes) is 1. The summed E-state index contributed by atoms with van der Waals surface area (Å²) < 4.78 is 6.94. The maximum Gasteiger partial charge on any atom is 0.212 e. The second kappa shape index (κ2) is 6.08. The third-order valence-electron chi connectivity index (χ3n) is 2.89. The average Bonchev–Trinajstić information content (AvgIpc) is 2.81. The van der Waals surface area contributed by atoms with Crippen LogP contribution in [0.2, 0.25) is 0 Å². The molecule has 6 heteroatoms. The van der Waals surface area contributed by atoms with E-state index in [9.17, 15) is 4.79 Å².